The van der Waals surface area contributed by atoms with E-state index in [9.17, 15) is 10.1 Å². The quantitative estimate of drug-likeness (QED) is 0.601. The molecule has 0 radical (unpaired) electrons. The van der Waals surface area contributed by atoms with Crippen molar-refractivity contribution in [3.63, 3.8) is 0 Å². The van der Waals surface area contributed by atoms with Crippen molar-refractivity contribution in [3.05, 3.63) is 77.2 Å². The second-order valence-electron chi connectivity index (χ2n) is 6.10. The van der Waals surface area contributed by atoms with Gasteiger partial charge in [0.2, 0.25) is 5.91 Å². The van der Waals surface area contributed by atoms with Crippen molar-refractivity contribution in [1.29, 1.82) is 10.5 Å². The SMILES string of the molecule is N#Cc1cc(C#N)c(SCC(=O)N(Cc2ccccc2)Cc2ccco2)nc1N. The number of rotatable bonds is 7. The molecule has 2 N–H and O–H groups in total. The summed E-state index contributed by atoms with van der Waals surface area (Å²) in [4.78, 5) is 18.7. The summed E-state index contributed by atoms with van der Waals surface area (Å²) < 4.78 is 5.39. The average Bonchev–Trinajstić information content (AvgIpc) is 3.25. The number of nitrogen functional groups attached to an aromatic ring is 1. The van der Waals surface area contributed by atoms with Gasteiger partial charge in [-0.15, -0.1) is 0 Å². The lowest BCUT2D eigenvalue weighted by atomic mass is 10.2. The Bertz CT molecular complexity index is 1070. The van der Waals surface area contributed by atoms with E-state index in [0.29, 0.717) is 23.9 Å². The molecule has 29 heavy (non-hydrogen) atoms. The number of carbonyl (C=O) groups excluding carboxylic acids is 1. The third-order valence-corrected chi connectivity index (χ3v) is 5.06. The zero-order valence-corrected chi connectivity index (χ0v) is 16.2. The zero-order valence-electron chi connectivity index (χ0n) is 15.4. The summed E-state index contributed by atoms with van der Waals surface area (Å²) in [6.45, 7) is 0.754. The molecule has 7 nitrogen and oxygen atoms in total. The van der Waals surface area contributed by atoms with Crippen molar-refractivity contribution in [2.45, 2.75) is 18.1 Å². The number of nitrogens with two attached hydrogens (primary N) is 1. The number of nitrogens with zero attached hydrogens (tertiary/aromatic N) is 4. The second kappa shape index (κ2) is 9.45. The third-order valence-electron chi connectivity index (χ3n) is 4.09. The van der Waals surface area contributed by atoms with Gasteiger partial charge in [0, 0.05) is 6.54 Å². The number of nitriles is 2. The van der Waals surface area contributed by atoms with Crippen LogP contribution >= 0.6 is 11.8 Å². The first-order valence-corrected chi connectivity index (χ1v) is 9.67. The summed E-state index contributed by atoms with van der Waals surface area (Å²) in [5.41, 5.74) is 7.10. The van der Waals surface area contributed by atoms with Gasteiger partial charge in [-0.1, -0.05) is 42.1 Å². The number of pyridine rings is 1. The van der Waals surface area contributed by atoms with Crippen LogP contribution < -0.4 is 5.73 Å². The highest BCUT2D eigenvalue weighted by Crippen LogP contribution is 2.24. The first-order chi connectivity index (χ1) is 14.1. The molecule has 0 aliphatic carbocycles. The molecule has 2 heterocycles. The number of anilines is 1. The van der Waals surface area contributed by atoms with Crippen molar-refractivity contribution >= 4 is 23.5 Å². The van der Waals surface area contributed by atoms with E-state index < -0.39 is 0 Å². The predicted molar refractivity (Wildman–Crippen MR) is 108 cm³/mol. The van der Waals surface area contributed by atoms with Gasteiger partial charge in [0.05, 0.1) is 29.7 Å². The topological polar surface area (TPSA) is 120 Å². The first kappa shape index (κ1) is 20.0. The maximum Gasteiger partial charge on any atom is 0.233 e. The molecule has 0 atom stereocenters. The van der Waals surface area contributed by atoms with Gasteiger partial charge >= 0.3 is 0 Å². The van der Waals surface area contributed by atoms with Gasteiger partial charge in [0.1, 0.15) is 28.7 Å². The summed E-state index contributed by atoms with van der Waals surface area (Å²) in [7, 11) is 0. The van der Waals surface area contributed by atoms with E-state index in [0.717, 1.165) is 17.3 Å². The van der Waals surface area contributed by atoms with Crippen molar-refractivity contribution in [2.24, 2.45) is 0 Å². The Kier molecular flexibility index (Phi) is 6.51. The van der Waals surface area contributed by atoms with E-state index in [1.807, 2.05) is 48.5 Å². The predicted octanol–water partition coefficient (Wildman–Crippen LogP) is 3.32. The fourth-order valence-electron chi connectivity index (χ4n) is 2.64. The molecular formula is C21H17N5O2S. The third kappa shape index (κ3) is 5.16. The summed E-state index contributed by atoms with van der Waals surface area (Å²) in [5, 5.41) is 18.7. The van der Waals surface area contributed by atoms with Crippen LogP contribution in [-0.4, -0.2) is 21.5 Å². The summed E-state index contributed by atoms with van der Waals surface area (Å²) in [6.07, 6.45) is 1.57. The molecular weight excluding hydrogens is 386 g/mol. The van der Waals surface area contributed by atoms with Crippen LogP contribution in [0.15, 0.2) is 64.2 Å². The van der Waals surface area contributed by atoms with Crippen molar-refractivity contribution in [2.75, 3.05) is 11.5 Å². The van der Waals surface area contributed by atoms with Crippen LogP contribution in [0.25, 0.3) is 0 Å². The molecule has 0 unspecified atom stereocenters. The molecule has 1 aromatic carbocycles. The van der Waals surface area contributed by atoms with Crippen LogP contribution in [0.4, 0.5) is 5.82 Å². The smallest absolute Gasteiger partial charge is 0.233 e. The Hall–Kier alpha value is -3.75. The summed E-state index contributed by atoms with van der Waals surface area (Å²) >= 11 is 1.12. The molecule has 0 saturated heterocycles. The normalized spacial score (nSPS) is 10.1. The Morgan fingerprint density at radius 2 is 1.86 bits per heavy atom. The summed E-state index contributed by atoms with van der Waals surface area (Å²) in [6, 6.07) is 18.5. The Labute approximate surface area is 172 Å². The molecule has 2 aromatic heterocycles. The minimum atomic E-state index is -0.135. The average molecular weight is 403 g/mol. The molecule has 0 aliphatic rings. The number of carbonyl (C=O) groups is 1. The van der Waals surface area contributed by atoms with Crippen molar-refractivity contribution in [1.82, 2.24) is 9.88 Å². The number of benzene rings is 1. The molecule has 8 heteroatoms. The van der Waals surface area contributed by atoms with Crippen LogP contribution in [0.2, 0.25) is 0 Å². The van der Waals surface area contributed by atoms with E-state index >= 15 is 0 Å². The lowest BCUT2D eigenvalue weighted by Gasteiger charge is -2.22. The lowest BCUT2D eigenvalue weighted by Crippen LogP contribution is -2.31. The molecule has 0 saturated carbocycles. The lowest BCUT2D eigenvalue weighted by molar-refractivity contribution is -0.129. The van der Waals surface area contributed by atoms with E-state index in [4.69, 9.17) is 15.4 Å². The van der Waals surface area contributed by atoms with E-state index in [1.54, 1.807) is 17.2 Å². The largest absolute Gasteiger partial charge is 0.467 e. The second-order valence-corrected chi connectivity index (χ2v) is 7.06. The minimum absolute atomic E-state index is 0.0400. The monoisotopic (exact) mass is 403 g/mol. The molecule has 1 amide bonds. The maximum atomic E-state index is 12.9. The number of aromatic nitrogens is 1. The molecule has 0 bridgehead atoms. The van der Waals surface area contributed by atoms with E-state index in [1.165, 1.54) is 6.07 Å². The number of amides is 1. The maximum absolute atomic E-state index is 12.9. The minimum Gasteiger partial charge on any atom is -0.467 e. The molecule has 3 rings (SSSR count). The molecule has 144 valence electrons. The highest BCUT2D eigenvalue weighted by atomic mass is 32.2. The van der Waals surface area contributed by atoms with Gasteiger partial charge in [0.25, 0.3) is 0 Å². The molecule has 0 aliphatic heterocycles. The number of furan rings is 1. The van der Waals surface area contributed by atoms with Crippen LogP contribution in [0.1, 0.15) is 22.5 Å². The standard InChI is InChI=1S/C21H17N5O2S/c22-10-16-9-17(11-23)21(25-20(16)24)29-14-19(27)26(13-18-7-4-8-28-18)12-15-5-2-1-3-6-15/h1-9H,12-14H2,(H2,24,25). The zero-order chi connectivity index (χ0) is 20.6. The highest BCUT2D eigenvalue weighted by molar-refractivity contribution is 8.00. The number of hydrogen-bond donors (Lipinski definition) is 1. The number of hydrogen-bond acceptors (Lipinski definition) is 7. The van der Waals surface area contributed by atoms with Crippen LogP contribution in [0.5, 0.6) is 0 Å². The van der Waals surface area contributed by atoms with E-state index in [2.05, 4.69) is 4.98 Å². The van der Waals surface area contributed by atoms with Crippen molar-refractivity contribution in [3.8, 4) is 12.1 Å². The van der Waals surface area contributed by atoms with Gasteiger partial charge in [-0.3, -0.25) is 4.79 Å². The Morgan fingerprint density at radius 3 is 2.52 bits per heavy atom. The summed E-state index contributed by atoms with van der Waals surface area (Å²) in [5.74, 6) is 0.653. The van der Waals surface area contributed by atoms with Crippen LogP contribution in [-0.2, 0) is 17.9 Å². The molecule has 3 aromatic rings. The molecule has 0 fully saturated rings. The van der Waals surface area contributed by atoms with Gasteiger partial charge in [-0.25, -0.2) is 4.98 Å². The van der Waals surface area contributed by atoms with E-state index in [-0.39, 0.29) is 28.6 Å². The number of thioether (sulfide) groups is 1. The van der Waals surface area contributed by atoms with Gasteiger partial charge in [0.15, 0.2) is 0 Å². The highest BCUT2D eigenvalue weighted by Gasteiger charge is 2.18. The Balaban J connectivity index is 1.75. The van der Waals surface area contributed by atoms with Gasteiger partial charge in [-0.05, 0) is 23.8 Å². The van der Waals surface area contributed by atoms with Crippen molar-refractivity contribution < 1.29 is 9.21 Å². The Morgan fingerprint density at radius 1 is 1.10 bits per heavy atom. The fraction of sp³-hybridized carbons (Fsp3) is 0.143. The van der Waals surface area contributed by atoms with Gasteiger partial charge in [-0.2, -0.15) is 10.5 Å². The molecule has 0 spiro atoms. The first-order valence-electron chi connectivity index (χ1n) is 8.68. The van der Waals surface area contributed by atoms with Crippen LogP contribution in [0, 0.1) is 22.7 Å². The van der Waals surface area contributed by atoms with Crippen LogP contribution in [0.3, 0.4) is 0 Å². The fourth-order valence-corrected chi connectivity index (χ4v) is 3.50. The van der Waals surface area contributed by atoms with Gasteiger partial charge < -0.3 is 15.1 Å².